The minimum Gasteiger partial charge on any atom is -0.451 e. The van der Waals surface area contributed by atoms with Crippen LogP contribution in [0.5, 0.6) is 0 Å². The fourth-order valence-corrected chi connectivity index (χ4v) is 2.52. The van der Waals surface area contributed by atoms with Gasteiger partial charge in [0, 0.05) is 16.0 Å². The zero-order valence-electron chi connectivity index (χ0n) is 11.4. The summed E-state index contributed by atoms with van der Waals surface area (Å²) in [6, 6.07) is 8.84. The Morgan fingerprint density at radius 2 is 1.95 bits per heavy atom. The molecule has 0 unspecified atom stereocenters. The van der Waals surface area contributed by atoms with Crippen molar-refractivity contribution in [2.75, 3.05) is 5.32 Å². The summed E-state index contributed by atoms with van der Waals surface area (Å²) in [5, 5.41) is 4.00. The summed E-state index contributed by atoms with van der Waals surface area (Å²) in [7, 11) is 0. The van der Waals surface area contributed by atoms with Gasteiger partial charge in [0.05, 0.1) is 10.7 Å². The predicted octanol–water partition coefficient (Wildman–Crippen LogP) is 5.44. The standard InChI is InChI=1S/C16H10Cl2FNO2/c1-8-11-7-10(19)3-5-14(11)22-15(8)16(21)20-13-6-9(17)2-4-12(13)18/h2-7H,1H3,(H,20,21). The molecule has 1 aromatic heterocycles. The van der Waals surface area contributed by atoms with Crippen molar-refractivity contribution in [1.29, 1.82) is 0 Å². The molecule has 0 aliphatic heterocycles. The van der Waals surface area contributed by atoms with E-state index >= 15 is 0 Å². The van der Waals surface area contributed by atoms with E-state index in [4.69, 9.17) is 27.6 Å². The summed E-state index contributed by atoms with van der Waals surface area (Å²) in [5.41, 5.74) is 1.39. The Bertz CT molecular complexity index is 889. The van der Waals surface area contributed by atoms with Crippen LogP contribution in [0.2, 0.25) is 10.0 Å². The maximum atomic E-state index is 13.3. The van der Waals surface area contributed by atoms with Crippen LogP contribution < -0.4 is 5.32 Å². The third-order valence-electron chi connectivity index (χ3n) is 3.28. The highest BCUT2D eigenvalue weighted by molar-refractivity contribution is 6.35. The Morgan fingerprint density at radius 3 is 2.73 bits per heavy atom. The number of halogens is 3. The number of fused-ring (bicyclic) bond motifs is 1. The lowest BCUT2D eigenvalue weighted by molar-refractivity contribution is 0.0998. The number of rotatable bonds is 2. The summed E-state index contributed by atoms with van der Waals surface area (Å²) < 4.78 is 18.8. The van der Waals surface area contributed by atoms with Crippen LogP contribution in [0.4, 0.5) is 10.1 Å². The molecule has 3 aromatic rings. The van der Waals surface area contributed by atoms with Gasteiger partial charge in [0.1, 0.15) is 11.4 Å². The fraction of sp³-hybridized carbons (Fsp3) is 0.0625. The molecular weight excluding hydrogens is 328 g/mol. The minimum absolute atomic E-state index is 0.108. The van der Waals surface area contributed by atoms with Gasteiger partial charge in [-0.1, -0.05) is 23.2 Å². The van der Waals surface area contributed by atoms with Crippen molar-refractivity contribution >= 4 is 45.8 Å². The molecule has 0 spiro atoms. The molecule has 0 bridgehead atoms. The number of carbonyl (C=O) groups is 1. The van der Waals surface area contributed by atoms with Gasteiger partial charge in [-0.25, -0.2) is 4.39 Å². The lowest BCUT2D eigenvalue weighted by Crippen LogP contribution is -2.12. The summed E-state index contributed by atoms with van der Waals surface area (Å²) >= 11 is 11.9. The monoisotopic (exact) mass is 337 g/mol. The molecule has 22 heavy (non-hydrogen) atoms. The average molecular weight is 338 g/mol. The SMILES string of the molecule is Cc1c(C(=O)Nc2cc(Cl)ccc2Cl)oc2ccc(F)cc12. The zero-order chi connectivity index (χ0) is 15.9. The number of amides is 1. The third kappa shape index (κ3) is 2.67. The van der Waals surface area contributed by atoms with E-state index < -0.39 is 5.91 Å². The van der Waals surface area contributed by atoms with Crippen LogP contribution in [0.3, 0.4) is 0 Å². The Morgan fingerprint density at radius 1 is 1.18 bits per heavy atom. The van der Waals surface area contributed by atoms with Gasteiger partial charge in [0.2, 0.25) is 0 Å². The number of furan rings is 1. The van der Waals surface area contributed by atoms with Crippen LogP contribution >= 0.6 is 23.2 Å². The Hall–Kier alpha value is -2.04. The average Bonchev–Trinajstić information content (AvgIpc) is 2.80. The molecule has 0 aliphatic rings. The molecular formula is C16H10Cl2FNO2. The molecule has 112 valence electrons. The Labute approximate surface area is 135 Å². The molecule has 1 N–H and O–H groups in total. The number of hydrogen-bond donors (Lipinski definition) is 1. The topological polar surface area (TPSA) is 42.2 Å². The first-order valence-electron chi connectivity index (χ1n) is 6.41. The molecule has 0 atom stereocenters. The van der Waals surface area contributed by atoms with E-state index in [0.717, 1.165) is 0 Å². The lowest BCUT2D eigenvalue weighted by atomic mass is 10.1. The van der Waals surface area contributed by atoms with E-state index in [0.29, 0.717) is 32.3 Å². The van der Waals surface area contributed by atoms with Gasteiger partial charge in [-0.2, -0.15) is 0 Å². The number of hydrogen-bond acceptors (Lipinski definition) is 2. The lowest BCUT2D eigenvalue weighted by Gasteiger charge is -2.06. The van der Waals surface area contributed by atoms with Gasteiger partial charge in [-0.15, -0.1) is 0 Å². The zero-order valence-corrected chi connectivity index (χ0v) is 12.9. The van der Waals surface area contributed by atoms with Gasteiger partial charge in [-0.05, 0) is 43.3 Å². The number of benzene rings is 2. The van der Waals surface area contributed by atoms with Crippen LogP contribution in [0, 0.1) is 12.7 Å². The fourth-order valence-electron chi connectivity index (χ4n) is 2.18. The molecule has 3 rings (SSSR count). The highest BCUT2D eigenvalue weighted by atomic mass is 35.5. The van der Waals surface area contributed by atoms with Crippen molar-refractivity contribution in [3.05, 3.63) is 63.6 Å². The van der Waals surface area contributed by atoms with Crippen molar-refractivity contribution in [1.82, 2.24) is 0 Å². The summed E-state index contributed by atoms with van der Waals surface area (Å²) in [4.78, 5) is 12.4. The molecule has 2 aromatic carbocycles. The van der Waals surface area contributed by atoms with E-state index in [9.17, 15) is 9.18 Å². The highest BCUT2D eigenvalue weighted by Gasteiger charge is 2.19. The van der Waals surface area contributed by atoms with Crippen molar-refractivity contribution < 1.29 is 13.6 Å². The van der Waals surface area contributed by atoms with E-state index in [2.05, 4.69) is 5.32 Å². The summed E-state index contributed by atoms with van der Waals surface area (Å²) in [6.45, 7) is 1.69. The molecule has 1 heterocycles. The van der Waals surface area contributed by atoms with Crippen LogP contribution in [0.25, 0.3) is 11.0 Å². The Balaban J connectivity index is 1.99. The van der Waals surface area contributed by atoms with Crippen molar-refractivity contribution in [3.63, 3.8) is 0 Å². The summed E-state index contributed by atoms with van der Waals surface area (Å²) in [5.74, 6) is -0.754. The first kappa shape index (κ1) is 14.9. The largest absolute Gasteiger partial charge is 0.451 e. The third-order valence-corrected chi connectivity index (χ3v) is 3.85. The van der Waals surface area contributed by atoms with E-state index in [1.54, 1.807) is 25.1 Å². The number of anilines is 1. The van der Waals surface area contributed by atoms with Gasteiger partial charge in [-0.3, -0.25) is 4.79 Å². The first-order chi connectivity index (χ1) is 10.5. The molecule has 0 radical (unpaired) electrons. The molecule has 6 heteroatoms. The van der Waals surface area contributed by atoms with Crippen LogP contribution in [0.1, 0.15) is 16.1 Å². The molecule has 0 saturated heterocycles. The van der Waals surface area contributed by atoms with Crippen LogP contribution in [0.15, 0.2) is 40.8 Å². The van der Waals surface area contributed by atoms with Crippen molar-refractivity contribution in [2.45, 2.75) is 6.92 Å². The van der Waals surface area contributed by atoms with Gasteiger partial charge in [0.25, 0.3) is 5.91 Å². The number of carbonyl (C=O) groups excluding carboxylic acids is 1. The normalized spacial score (nSPS) is 10.9. The minimum atomic E-state index is -0.474. The highest BCUT2D eigenvalue weighted by Crippen LogP contribution is 2.29. The number of aryl methyl sites for hydroxylation is 1. The van der Waals surface area contributed by atoms with Crippen LogP contribution in [-0.4, -0.2) is 5.91 Å². The van der Waals surface area contributed by atoms with Crippen molar-refractivity contribution in [2.24, 2.45) is 0 Å². The second kappa shape index (κ2) is 5.63. The van der Waals surface area contributed by atoms with Crippen molar-refractivity contribution in [3.8, 4) is 0 Å². The molecule has 0 saturated carbocycles. The van der Waals surface area contributed by atoms with Gasteiger partial charge < -0.3 is 9.73 Å². The van der Waals surface area contributed by atoms with Crippen LogP contribution in [-0.2, 0) is 0 Å². The number of nitrogens with one attached hydrogen (secondary N) is 1. The quantitative estimate of drug-likeness (QED) is 0.676. The second-order valence-electron chi connectivity index (χ2n) is 4.77. The maximum absolute atomic E-state index is 13.3. The van der Waals surface area contributed by atoms with E-state index in [-0.39, 0.29) is 11.6 Å². The maximum Gasteiger partial charge on any atom is 0.291 e. The summed E-state index contributed by atoms with van der Waals surface area (Å²) in [6.07, 6.45) is 0. The molecule has 0 aliphatic carbocycles. The Kier molecular flexibility index (Phi) is 3.81. The second-order valence-corrected chi connectivity index (χ2v) is 5.62. The molecule has 1 amide bonds. The van der Waals surface area contributed by atoms with E-state index in [1.807, 2.05) is 0 Å². The van der Waals surface area contributed by atoms with E-state index in [1.165, 1.54) is 18.2 Å². The smallest absolute Gasteiger partial charge is 0.291 e. The predicted molar refractivity (Wildman–Crippen MR) is 85.3 cm³/mol. The van der Waals surface area contributed by atoms with Gasteiger partial charge in [0.15, 0.2) is 5.76 Å². The molecule has 3 nitrogen and oxygen atoms in total. The molecule has 0 fully saturated rings. The first-order valence-corrected chi connectivity index (χ1v) is 7.16. The van der Waals surface area contributed by atoms with Gasteiger partial charge >= 0.3 is 0 Å².